The molecule has 4 rings (SSSR count). The number of rotatable bonds is 9. The molecule has 0 radical (unpaired) electrons. The van der Waals surface area contributed by atoms with Crippen LogP contribution in [0.2, 0.25) is 0 Å². The molecule has 0 saturated heterocycles. The van der Waals surface area contributed by atoms with Gasteiger partial charge < -0.3 is 28.6 Å². The highest BCUT2D eigenvalue weighted by Crippen LogP contribution is 2.42. The van der Waals surface area contributed by atoms with Gasteiger partial charge in [-0.2, -0.15) is 0 Å². The normalized spacial score (nSPS) is 12.0. The fourth-order valence-electron chi connectivity index (χ4n) is 3.98. The Bertz CT molecular complexity index is 1290. The maximum absolute atomic E-state index is 12.5. The van der Waals surface area contributed by atoms with Crippen LogP contribution in [0.1, 0.15) is 22.3 Å². The third kappa shape index (κ3) is 4.44. The van der Waals surface area contributed by atoms with Gasteiger partial charge in [-0.15, -0.1) is 10.2 Å². The summed E-state index contributed by atoms with van der Waals surface area (Å²) in [5.74, 6) is -0.0223. The number of carboxylic acids is 1. The van der Waals surface area contributed by atoms with E-state index in [9.17, 15) is 14.7 Å². The highest BCUT2D eigenvalue weighted by Gasteiger charge is 2.24. The van der Waals surface area contributed by atoms with Gasteiger partial charge in [-0.05, 0) is 24.1 Å². The van der Waals surface area contributed by atoms with Crippen molar-refractivity contribution < 1.29 is 28.8 Å². The highest BCUT2D eigenvalue weighted by molar-refractivity contribution is 5.88. The SMILES string of the molecule is COCCCOc1cc2c(cc1-c1cc(OC)nnc1OC)-c1cc(=O)c(C(=O)O)cn1CC2. The summed E-state index contributed by atoms with van der Waals surface area (Å²) in [5, 5.41) is 17.4. The van der Waals surface area contributed by atoms with E-state index in [1.54, 1.807) is 17.7 Å². The molecule has 3 aromatic rings. The summed E-state index contributed by atoms with van der Waals surface area (Å²) < 4.78 is 23.7. The Morgan fingerprint density at radius 2 is 1.85 bits per heavy atom. The van der Waals surface area contributed by atoms with Gasteiger partial charge in [0.05, 0.1) is 32.1 Å². The number of aryl methyl sites for hydroxylation is 2. The number of aromatic nitrogens is 3. The van der Waals surface area contributed by atoms with E-state index < -0.39 is 11.4 Å². The molecule has 0 saturated carbocycles. The second-order valence-corrected chi connectivity index (χ2v) is 7.70. The molecular formula is C24H25N3O7. The van der Waals surface area contributed by atoms with Crippen LogP contribution in [0, 0.1) is 0 Å². The molecule has 0 spiro atoms. The molecule has 0 amide bonds. The van der Waals surface area contributed by atoms with E-state index >= 15 is 0 Å². The van der Waals surface area contributed by atoms with E-state index in [-0.39, 0.29) is 11.4 Å². The van der Waals surface area contributed by atoms with Crippen molar-refractivity contribution in [3.63, 3.8) is 0 Å². The molecule has 1 aliphatic heterocycles. The third-order valence-corrected chi connectivity index (χ3v) is 5.64. The van der Waals surface area contributed by atoms with Crippen LogP contribution in [0.4, 0.5) is 0 Å². The molecule has 1 aliphatic rings. The Hall–Kier alpha value is -3.92. The van der Waals surface area contributed by atoms with Crippen LogP contribution in [0.5, 0.6) is 17.5 Å². The van der Waals surface area contributed by atoms with Crippen molar-refractivity contribution in [2.24, 2.45) is 0 Å². The standard InChI is InChI=1S/C24H25N3O7/c1-31-7-4-8-34-21-9-14-5-6-27-13-18(24(29)30)20(28)12-19(27)15(14)10-16(21)17-11-22(32-2)25-26-23(17)33-3/h9-13H,4-8H2,1-3H3,(H,29,30). The second kappa shape index (κ2) is 9.92. The number of carboxylic acid groups (broad SMARTS) is 1. The quantitative estimate of drug-likeness (QED) is 0.473. The number of methoxy groups -OCH3 is 3. The molecule has 0 fully saturated rings. The summed E-state index contributed by atoms with van der Waals surface area (Å²) in [5.41, 5.74) is 2.92. The molecule has 0 aliphatic carbocycles. The molecule has 0 atom stereocenters. The number of hydrogen-bond acceptors (Lipinski definition) is 8. The van der Waals surface area contributed by atoms with E-state index in [1.807, 2.05) is 12.1 Å². The number of aromatic carboxylic acids is 1. The van der Waals surface area contributed by atoms with Gasteiger partial charge in [-0.3, -0.25) is 4.79 Å². The molecule has 1 aromatic carbocycles. The van der Waals surface area contributed by atoms with Gasteiger partial charge in [-0.25, -0.2) is 4.79 Å². The summed E-state index contributed by atoms with van der Waals surface area (Å²) in [6.07, 6.45) is 2.75. The summed E-state index contributed by atoms with van der Waals surface area (Å²) in [7, 11) is 4.64. The van der Waals surface area contributed by atoms with Crippen molar-refractivity contribution in [3.8, 4) is 39.9 Å². The summed E-state index contributed by atoms with van der Waals surface area (Å²) in [6, 6.07) is 6.93. The fraction of sp³-hybridized carbons (Fsp3) is 0.333. The first-order chi connectivity index (χ1) is 16.5. The number of benzene rings is 1. The van der Waals surface area contributed by atoms with E-state index in [0.717, 1.165) is 11.1 Å². The lowest BCUT2D eigenvalue weighted by Gasteiger charge is -2.25. The molecule has 178 valence electrons. The first-order valence-electron chi connectivity index (χ1n) is 10.7. The predicted octanol–water partition coefficient (Wildman–Crippen LogP) is 2.66. The van der Waals surface area contributed by atoms with E-state index in [1.165, 1.54) is 26.5 Å². The minimum atomic E-state index is -1.24. The Balaban J connectivity index is 1.90. The smallest absolute Gasteiger partial charge is 0.341 e. The van der Waals surface area contributed by atoms with Crippen LogP contribution < -0.4 is 19.6 Å². The second-order valence-electron chi connectivity index (χ2n) is 7.70. The number of nitrogens with zero attached hydrogens (tertiary/aromatic N) is 3. The Morgan fingerprint density at radius 1 is 1.03 bits per heavy atom. The van der Waals surface area contributed by atoms with E-state index in [2.05, 4.69) is 10.2 Å². The predicted molar refractivity (Wildman–Crippen MR) is 123 cm³/mol. The zero-order valence-electron chi connectivity index (χ0n) is 19.2. The average molecular weight is 467 g/mol. The largest absolute Gasteiger partial charge is 0.493 e. The number of ether oxygens (including phenoxy) is 4. The lowest BCUT2D eigenvalue weighted by atomic mass is 9.92. The lowest BCUT2D eigenvalue weighted by molar-refractivity contribution is 0.0694. The maximum atomic E-state index is 12.5. The molecule has 2 aromatic heterocycles. The third-order valence-electron chi connectivity index (χ3n) is 5.64. The van der Waals surface area contributed by atoms with Gasteiger partial charge >= 0.3 is 5.97 Å². The molecule has 10 nitrogen and oxygen atoms in total. The van der Waals surface area contributed by atoms with E-state index in [4.69, 9.17) is 18.9 Å². The van der Waals surface area contributed by atoms with E-state index in [0.29, 0.717) is 61.1 Å². The maximum Gasteiger partial charge on any atom is 0.341 e. The van der Waals surface area contributed by atoms with Gasteiger partial charge in [0.2, 0.25) is 11.8 Å². The minimum absolute atomic E-state index is 0.254. The first kappa shape index (κ1) is 23.2. The van der Waals surface area contributed by atoms with Crippen LogP contribution in [0.25, 0.3) is 22.4 Å². The molecule has 3 heterocycles. The first-order valence-corrected chi connectivity index (χ1v) is 10.7. The highest BCUT2D eigenvalue weighted by atomic mass is 16.5. The van der Waals surface area contributed by atoms with Crippen LogP contribution in [-0.4, -0.2) is 60.4 Å². The monoisotopic (exact) mass is 467 g/mol. The van der Waals surface area contributed by atoms with Crippen molar-refractivity contribution in [3.05, 3.63) is 51.8 Å². The van der Waals surface area contributed by atoms with Crippen LogP contribution in [0.3, 0.4) is 0 Å². The number of fused-ring (bicyclic) bond motifs is 3. The lowest BCUT2D eigenvalue weighted by Crippen LogP contribution is -2.22. The zero-order valence-corrected chi connectivity index (χ0v) is 19.2. The molecule has 34 heavy (non-hydrogen) atoms. The molecule has 10 heteroatoms. The van der Waals surface area contributed by atoms with Gasteiger partial charge in [0.1, 0.15) is 11.3 Å². The Labute approximate surface area is 195 Å². The van der Waals surface area contributed by atoms with Crippen molar-refractivity contribution in [2.75, 3.05) is 34.5 Å². The van der Waals surface area contributed by atoms with Crippen molar-refractivity contribution >= 4 is 5.97 Å². The average Bonchev–Trinajstić information content (AvgIpc) is 2.85. The Kier molecular flexibility index (Phi) is 6.78. The van der Waals surface area contributed by atoms with Crippen LogP contribution in [0.15, 0.2) is 35.3 Å². The van der Waals surface area contributed by atoms with Crippen molar-refractivity contribution in [2.45, 2.75) is 19.4 Å². The van der Waals surface area contributed by atoms with Crippen LogP contribution in [-0.2, 0) is 17.7 Å². The number of pyridine rings is 1. The summed E-state index contributed by atoms with van der Waals surface area (Å²) in [4.78, 5) is 23.9. The van der Waals surface area contributed by atoms with Gasteiger partial charge in [-0.1, -0.05) is 0 Å². The Morgan fingerprint density at radius 3 is 2.56 bits per heavy atom. The molecule has 0 bridgehead atoms. The zero-order chi connectivity index (χ0) is 24.2. The van der Waals surface area contributed by atoms with Gasteiger partial charge in [0.15, 0.2) is 5.43 Å². The summed E-state index contributed by atoms with van der Waals surface area (Å²) in [6.45, 7) is 1.55. The molecule has 0 unspecified atom stereocenters. The van der Waals surface area contributed by atoms with Gasteiger partial charge in [0, 0.05) is 56.1 Å². The minimum Gasteiger partial charge on any atom is -0.493 e. The van der Waals surface area contributed by atoms with Gasteiger partial charge in [0.25, 0.3) is 0 Å². The number of hydrogen-bond donors (Lipinski definition) is 1. The summed E-state index contributed by atoms with van der Waals surface area (Å²) >= 11 is 0. The molecule has 1 N–H and O–H groups in total. The fourth-order valence-corrected chi connectivity index (χ4v) is 3.98. The topological polar surface area (TPSA) is 122 Å². The van der Waals surface area contributed by atoms with Crippen molar-refractivity contribution in [1.29, 1.82) is 0 Å². The van der Waals surface area contributed by atoms with Crippen LogP contribution >= 0.6 is 0 Å². The number of carbonyl (C=O) groups is 1. The molecular weight excluding hydrogens is 442 g/mol. The van der Waals surface area contributed by atoms with Crippen molar-refractivity contribution in [1.82, 2.24) is 14.8 Å².